The third-order valence-electron chi connectivity index (χ3n) is 0. The minimum atomic E-state index is -0.743. The van der Waals surface area contributed by atoms with Crippen LogP contribution in [-0.4, -0.2) is 31.2 Å². The third kappa shape index (κ3) is 9.39. The molecule has 0 nitrogen and oxygen atoms in total. The topological polar surface area (TPSA) is 0 Å². The SMILES string of the molecule is [Cl][GeH][Cl].[GeH3]. The standard InChI is InChI=1S/Cl2GeH.GeH3/c1-3-2;/h3H;1H3. The van der Waals surface area contributed by atoms with Crippen molar-refractivity contribution in [3.63, 3.8) is 0 Å². The summed E-state index contributed by atoms with van der Waals surface area (Å²) in [4.78, 5) is 0. The van der Waals surface area contributed by atoms with Gasteiger partial charge in [-0.2, -0.15) is 0 Å². The summed E-state index contributed by atoms with van der Waals surface area (Å²) >= 11 is -0.743. The van der Waals surface area contributed by atoms with Gasteiger partial charge >= 0.3 is 51.2 Å². The summed E-state index contributed by atoms with van der Waals surface area (Å²) in [7, 11) is 9.84. The summed E-state index contributed by atoms with van der Waals surface area (Å²) in [6, 6.07) is 0. The van der Waals surface area contributed by atoms with Crippen molar-refractivity contribution in [1.29, 1.82) is 0 Å². The summed E-state index contributed by atoms with van der Waals surface area (Å²) in [5.74, 6) is 0. The molecule has 0 rings (SSSR count). The van der Waals surface area contributed by atoms with Gasteiger partial charge in [-0.1, -0.05) is 0 Å². The molecule has 26 valence electrons. The molecule has 0 saturated heterocycles. The van der Waals surface area contributed by atoms with Crippen LogP contribution in [0.15, 0.2) is 0 Å². The van der Waals surface area contributed by atoms with Crippen LogP contribution in [0.5, 0.6) is 0 Å². The van der Waals surface area contributed by atoms with Crippen molar-refractivity contribution < 1.29 is 0 Å². The maximum atomic E-state index is 4.92. The van der Waals surface area contributed by atoms with Crippen LogP contribution in [0.3, 0.4) is 0 Å². The van der Waals surface area contributed by atoms with Crippen LogP contribution in [0.25, 0.3) is 0 Å². The van der Waals surface area contributed by atoms with Gasteiger partial charge in [0.15, 0.2) is 0 Å². The Morgan fingerprint density at radius 2 is 1.25 bits per heavy atom. The fourth-order valence-corrected chi connectivity index (χ4v) is 0. The van der Waals surface area contributed by atoms with Crippen molar-refractivity contribution in [2.24, 2.45) is 0 Å². The van der Waals surface area contributed by atoms with E-state index in [1.807, 2.05) is 0 Å². The van der Waals surface area contributed by atoms with Crippen LogP contribution in [0.1, 0.15) is 0 Å². The summed E-state index contributed by atoms with van der Waals surface area (Å²) in [5.41, 5.74) is 0. The Bertz CT molecular complexity index is 4.00. The molecule has 0 aromatic heterocycles. The summed E-state index contributed by atoms with van der Waals surface area (Å²) in [6.07, 6.45) is 0. The van der Waals surface area contributed by atoms with E-state index in [1.165, 1.54) is 0 Å². The summed E-state index contributed by atoms with van der Waals surface area (Å²) in [6.45, 7) is 0. The first-order chi connectivity index (χ1) is 1.41. The molecule has 0 aromatic rings. The van der Waals surface area contributed by atoms with E-state index in [-0.39, 0.29) is 17.6 Å². The third-order valence-corrected chi connectivity index (χ3v) is 0. The Labute approximate surface area is 51.1 Å². The molecular weight excluding hydrogens is 216 g/mol. The van der Waals surface area contributed by atoms with Crippen LogP contribution in [0, 0.1) is 0 Å². The van der Waals surface area contributed by atoms with E-state index in [9.17, 15) is 0 Å². The molecule has 4 heavy (non-hydrogen) atoms. The predicted octanol–water partition coefficient (Wildman–Crippen LogP) is -0.453. The molecular formula is H4Cl2Ge2. The molecule has 0 bridgehead atoms. The van der Waals surface area contributed by atoms with Gasteiger partial charge in [-0.25, -0.2) is 0 Å². The first-order valence-corrected chi connectivity index (χ1v) is 6.80. The zero-order chi connectivity index (χ0) is 2.71. The van der Waals surface area contributed by atoms with E-state index in [2.05, 4.69) is 0 Å². The Morgan fingerprint density at radius 1 is 1.25 bits per heavy atom. The number of hydrogen-bond donors (Lipinski definition) is 0. The Kier molecular flexibility index (Phi) is 20.2. The molecule has 2 radical (unpaired) electrons. The minimum absolute atomic E-state index is 0. The van der Waals surface area contributed by atoms with Crippen LogP contribution >= 0.6 is 20.0 Å². The second-order valence-corrected chi connectivity index (χ2v) is 3.86. The first kappa shape index (κ1) is 9.18. The van der Waals surface area contributed by atoms with Crippen LogP contribution in [0.2, 0.25) is 0 Å². The summed E-state index contributed by atoms with van der Waals surface area (Å²) < 4.78 is 0. The van der Waals surface area contributed by atoms with E-state index in [0.29, 0.717) is 0 Å². The zero-order valence-corrected chi connectivity index (χ0v) is 10.5. The maximum absolute atomic E-state index is 4.92. The summed E-state index contributed by atoms with van der Waals surface area (Å²) in [5, 5.41) is 0. The van der Waals surface area contributed by atoms with Gasteiger partial charge < -0.3 is 0 Å². The van der Waals surface area contributed by atoms with Crippen molar-refractivity contribution in [1.82, 2.24) is 0 Å². The molecule has 0 amide bonds. The van der Waals surface area contributed by atoms with Crippen molar-refractivity contribution in [3.05, 3.63) is 0 Å². The van der Waals surface area contributed by atoms with Crippen LogP contribution < -0.4 is 0 Å². The van der Waals surface area contributed by atoms with Crippen molar-refractivity contribution in [3.8, 4) is 0 Å². The molecule has 0 atom stereocenters. The zero-order valence-electron chi connectivity index (χ0n) is 2.33. The Hall–Kier alpha value is 1.67. The number of rotatable bonds is 0. The van der Waals surface area contributed by atoms with E-state index in [4.69, 9.17) is 20.0 Å². The molecule has 0 heterocycles. The van der Waals surface area contributed by atoms with Crippen LogP contribution in [0.4, 0.5) is 0 Å². The molecule has 0 aliphatic heterocycles. The predicted molar refractivity (Wildman–Crippen MR) is 28.8 cm³/mol. The van der Waals surface area contributed by atoms with E-state index >= 15 is 0 Å². The van der Waals surface area contributed by atoms with Gasteiger partial charge in [0.25, 0.3) is 0 Å². The quantitative estimate of drug-likeness (QED) is 0.485. The van der Waals surface area contributed by atoms with Crippen LogP contribution in [-0.2, 0) is 0 Å². The van der Waals surface area contributed by atoms with Gasteiger partial charge in [0.1, 0.15) is 0 Å². The average molecular weight is 220 g/mol. The van der Waals surface area contributed by atoms with Gasteiger partial charge in [-0.05, 0) is 0 Å². The molecule has 0 aromatic carbocycles. The van der Waals surface area contributed by atoms with E-state index in [0.717, 1.165) is 0 Å². The molecule has 0 aliphatic carbocycles. The fraction of sp³-hybridized carbons (Fsp3) is 0. The van der Waals surface area contributed by atoms with Gasteiger partial charge in [0.05, 0.1) is 0 Å². The molecule has 0 unspecified atom stereocenters. The molecule has 0 saturated carbocycles. The molecule has 0 fully saturated rings. The molecule has 4 heteroatoms. The first-order valence-electron chi connectivity index (χ1n) is 0.436. The monoisotopic (exact) mass is 222 g/mol. The number of hydrogen-bond acceptors (Lipinski definition) is 0. The molecule has 0 N–H and O–H groups in total. The van der Waals surface area contributed by atoms with Gasteiger partial charge in [0, 0.05) is 0 Å². The fourth-order valence-electron chi connectivity index (χ4n) is 0. The second kappa shape index (κ2) is 8.82. The van der Waals surface area contributed by atoms with E-state index in [1.54, 1.807) is 0 Å². The van der Waals surface area contributed by atoms with Gasteiger partial charge in [-0.15, -0.1) is 0 Å². The molecule has 0 spiro atoms. The normalized spacial score (nSPS) is 4.50. The average Bonchev–Trinajstić information content (AvgIpc) is 0.918. The Balaban J connectivity index is 0. The molecule has 0 aliphatic rings. The van der Waals surface area contributed by atoms with Crippen molar-refractivity contribution in [2.75, 3.05) is 0 Å². The second-order valence-electron chi connectivity index (χ2n) is 0.0825. The number of halogens is 2. The van der Waals surface area contributed by atoms with Gasteiger partial charge in [0.2, 0.25) is 0 Å². The van der Waals surface area contributed by atoms with E-state index < -0.39 is 13.6 Å². The van der Waals surface area contributed by atoms with Gasteiger partial charge in [-0.3, -0.25) is 0 Å². The van der Waals surface area contributed by atoms with Crippen molar-refractivity contribution in [2.45, 2.75) is 0 Å². The van der Waals surface area contributed by atoms with Crippen molar-refractivity contribution >= 4 is 51.2 Å². The Morgan fingerprint density at radius 3 is 1.25 bits per heavy atom.